The van der Waals surface area contributed by atoms with Crippen LogP contribution in [0.25, 0.3) is 6.08 Å². The number of ether oxygens (including phenoxy) is 1. The predicted molar refractivity (Wildman–Crippen MR) is 147 cm³/mol. The Morgan fingerprint density at radius 3 is 2.33 bits per heavy atom. The van der Waals surface area contributed by atoms with Crippen LogP contribution in [0, 0.1) is 5.82 Å². The monoisotopic (exact) mass is 604 g/mol. The van der Waals surface area contributed by atoms with E-state index in [4.69, 9.17) is 9.84 Å². The highest BCUT2D eigenvalue weighted by Crippen LogP contribution is 2.36. The first-order chi connectivity index (χ1) is 17.5. The third-order valence-electron chi connectivity index (χ3n) is 5.54. The Balaban J connectivity index is 1.58. The van der Waals surface area contributed by atoms with Crippen LogP contribution in [-0.2, 0) is 11.4 Å². The van der Waals surface area contributed by atoms with Gasteiger partial charge in [0.2, 0.25) is 0 Å². The maximum atomic E-state index is 13.7. The molecule has 4 nitrogen and oxygen atoms in total. The molecule has 36 heavy (non-hydrogen) atoms. The third-order valence-corrected chi connectivity index (χ3v) is 6.58. The number of anilines is 1. The molecule has 1 heterocycles. The second-order valence-corrected chi connectivity index (χ2v) is 9.82. The number of halogens is 3. The van der Waals surface area contributed by atoms with Crippen LogP contribution in [0.3, 0.4) is 0 Å². The van der Waals surface area contributed by atoms with E-state index < -0.39 is 0 Å². The lowest BCUT2D eigenvalue weighted by molar-refractivity contribution is -0.114. The van der Waals surface area contributed by atoms with E-state index in [0.717, 1.165) is 10.0 Å². The summed E-state index contributed by atoms with van der Waals surface area (Å²) < 4.78 is 21.3. The molecule has 0 atom stereocenters. The Morgan fingerprint density at radius 2 is 1.61 bits per heavy atom. The second-order valence-electron chi connectivity index (χ2n) is 8.05. The van der Waals surface area contributed by atoms with Crippen molar-refractivity contribution in [2.24, 2.45) is 5.10 Å². The number of nitrogens with zero attached hydrogens (tertiary/aromatic N) is 2. The number of amides is 1. The van der Waals surface area contributed by atoms with E-state index in [-0.39, 0.29) is 18.3 Å². The number of hydrazone groups is 1. The Hall–Kier alpha value is -3.55. The normalized spacial score (nSPS) is 14.3. The van der Waals surface area contributed by atoms with Crippen molar-refractivity contribution in [3.05, 3.63) is 134 Å². The van der Waals surface area contributed by atoms with E-state index in [1.807, 2.05) is 72.8 Å². The molecule has 0 radical (unpaired) electrons. The van der Waals surface area contributed by atoms with Crippen molar-refractivity contribution in [2.45, 2.75) is 6.61 Å². The Bertz CT molecular complexity index is 1490. The van der Waals surface area contributed by atoms with Crippen LogP contribution in [0.15, 0.2) is 117 Å². The van der Waals surface area contributed by atoms with Gasteiger partial charge in [0, 0.05) is 15.6 Å². The van der Waals surface area contributed by atoms with Crippen LogP contribution >= 0.6 is 31.9 Å². The zero-order valence-corrected chi connectivity index (χ0v) is 22.0. The van der Waals surface area contributed by atoms with E-state index in [1.165, 1.54) is 17.1 Å². The number of para-hydroxylation sites is 1. The van der Waals surface area contributed by atoms with Crippen LogP contribution in [0.1, 0.15) is 16.7 Å². The highest BCUT2D eigenvalue weighted by Gasteiger charge is 2.32. The zero-order chi connectivity index (χ0) is 25.1. The molecule has 4 aromatic rings. The molecule has 0 aromatic heterocycles. The predicted octanol–water partition coefficient (Wildman–Crippen LogP) is 7.76. The molecule has 1 aliphatic rings. The summed E-state index contributed by atoms with van der Waals surface area (Å²) in [6.45, 7) is 0.165. The zero-order valence-electron chi connectivity index (χ0n) is 18.9. The first-order valence-electron chi connectivity index (χ1n) is 11.1. The maximum absolute atomic E-state index is 13.7. The van der Waals surface area contributed by atoms with Gasteiger partial charge in [0.1, 0.15) is 23.9 Å². The molecule has 1 amide bonds. The van der Waals surface area contributed by atoms with Gasteiger partial charge in [-0.1, -0.05) is 76.6 Å². The lowest BCUT2D eigenvalue weighted by atomic mass is 10.00. The molecule has 0 N–H and O–H groups in total. The lowest BCUT2D eigenvalue weighted by Gasteiger charge is -2.14. The van der Waals surface area contributed by atoms with Crippen LogP contribution in [0.5, 0.6) is 5.75 Å². The first kappa shape index (κ1) is 24.2. The third kappa shape index (κ3) is 5.17. The van der Waals surface area contributed by atoms with Gasteiger partial charge in [0.05, 0.1) is 15.7 Å². The van der Waals surface area contributed by atoms with E-state index in [1.54, 1.807) is 18.2 Å². The quantitative estimate of drug-likeness (QED) is 0.211. The van der Waals surface area contributed by atoms with Crippen molar-refractivity contribution in [3.8, 4) is 5.75 Å². The summed E-state index contributed by atoms with van der Waals surface area (Å²) in [5.74, 6) is -0.0323. The fraction of sp³-hybridized carbons (Fsp3) is 0.0345. The molecular formula is C29H19Br2FN2O2. The van der Waals surface area contributed by atoms with Gasteiger partial charge in [-0.25, -0.2) is 4.39 Å². The Labute approximate surface area is 225 Å². The molecule has 5 rings (SSSR count). The molecule has 1 aliphatic heterocycles. The van der Waals surface area contributed by atoms with Crippen molar-refractivity contribution < 1.29 is 13.9 Å². The van der Waals surface area contributed by atoms with Gasteiger partial charge in [-0.3, -0.25) is 4.79 Å². The molecular weight excluding hydrogens is 587 g/mol. The van der Waals surface area contributed by atoms with E-state index >= 15 is 0 Å². The summed E-state index contributed by atoms with van der Waals surface area (Å²) in [7, 11) is 0. The number of benzene rings is 4. The first-order valence-corrected chi connectivity index (χ1v) is 12.7. The fourth-order valence-electron chi connectivity index (χ4n) is 3.88. The number of carbonyl (C=O) groups excluding carboxylic acids is 1. The number of rotatable bonds is 6. The van der Waals surface area contributed by atoms with E-state index in [0.29, 0.717) is 38.3 Å². The number of hydrogen-bond donors (Lipinski definition) is 0. The van der Waals surface area contributed by atoms with Crippen molar-refractivity contribution in [1.29, 1.82) is 0 Å². The van der Waals surface area contributed by atoms with Crippen molar-refractivity contribution in [3.63, 3.8) is 0 Å². The van der Waals surface area contributed by atoms with Gasteiger partial charge < -0.3 is 4.74 Å². The van der Waals surface area contributed by atoms with Gasteiger partial charge in [-0.05, 0) is 64.0 Å². The summed E-state index contributed by atoms with van der Waals surface area (Å²) in [6, 6.07) is 28.9. The molecule has 0 fully saturated rings. The van der Waals surface area contributed by atoms with Gasteiger partial charge in [-0.15, -0.1) is 0 Å². The van der Waals surface area contributed by atoms with Crippen molar-refractivity contribution >= 4 is 55.2 Å². The Kier molecular flexibility index (Phi) is 7.11. The summed E-state index contributed by atoms with van der Waals surface area (Å²) in [4.78, 5) is 13.6. The Morgan fingerprint density at radius 1 is 0.889 bits per heavy atom. The van der Waals surface area contributed by atoms with Crippen molar-refractivity contribution in [1.82, 2.24) is 0 Å². The molecule has 0 spiro atoms. The molecule has 0 saturated heterocycles. The average Bonchev–Trinajstić information content (AvgIpc) is 3.20. The van der Waals surface area contributed by atoms with Crippen LogP contribution < -0.4 is 9.75 Å². The number of hydrogen-bond acceptors (Lipinski definition) is 3. The summed E-state index contributed by atoms with van der Waals surface area (Å²) in [5, 5.41) is 6.10. The molecule has 0 unspecified atom stereocenters. The largest absolute Gasteiger partial charge is 0.487 e. The summed E-state index contributed by atoms with van der Waals surface area (Å²) in [6.07, 6.45) is 1.79. The maximum Gasteiger partial charge on any atom is 0.281 e. The molecule has 0 bridgehead atoms. The topological polar surface area (TPSA) is 41.9 Å². The lowest BCUT2D eigenvalue weighted by Crippen LogP contribution is -2.21. The van der Waals surface area contributed by atoms with Crippen molar-refractivity contribution in [2.75, 3.05) is 5.01 Å². The number of carbonyl (C=O) groups is 1. The SMILES string of the molecule is O=C1/C(=C\c2cc(Br)cc(Br)c2OCc2cccc(F)c2)C(c2ccccc2)=NN1c1ccccc1. The van der Waals surface area contributed by atoms with Gasteiger partial charge in [0.15, 0.2) is 0 Å². The van der Waals surface area contributed by atoms with E-state index in [9.17, 15) is 9.18 Å². The second kappa shape index (κ2) is 10.6. The molecule has 4 aromatic carbocycles. The summed E-state index contributed by atoms with van der Waals surface area (Å²) >= 11 is 7.11. The minimum atomic E-state index is -0.324. The van der Waals surface area contributed by atoms with Crippen LogP contribution in [0.4, 0.5) is 10.1 Å². The molecule has 0 aliphatic carbocycles. The van der Waals surface area contributed by atoms with Crippen LogP contribution in [0.2, 0.25) is 0 Å². The van der Waals surface area contributed by atoms with Gasteiger partial charge in [-0.2, -0.15) is 10.1 Å². The molecule has 7 heteroatoms. The highest BCUT2D eigenvalue weighted by atomic mass is 79.9. The highest BCUT2D eigenvalue weighted by molar-refractivity contribution is 9.11. The minimum absolute atomic E-state index is 0.165. The average molecular weight is 606 g/mol. The van der Waals surface area contributed by atoms with Gasteiger partial charge >= 0.3 is 0 Å². The van der Waals surface area contributed by atoms with E-state index in [2.05, 4.69) is 31.9 Å². The standard InChI is InChI=1S/C29H19Br2FN2O2/c30-22-15-21(28(26(31)17-22)36-18-19-8-7-11-23(32)14-19)16-25-27(20-9-3-1-4-10-20)33-34(29(25)35)24-12-5-2-6-13-24/h1-17H,18H2/b25-16-. The summed E-state index contributed by atoms with van der Waals surface area (Å²) in [5.41, 5.74) is 3.88. The molecule has 0 saturated carbocycles. The fourth-order valence-corrected chi connectivity index (χ4v) is 5.25. The molecule has 178 valence electrons. The van der Waals surface area contributed by atoms with Gasteiger partial charge in [0.25, 0.3) is 5.91 Å². The van der Waals surface area contributed by atoms with Crippen LogP contribution in [-0.4, -0.2) is 11.6 Å². The minimum Gasteiger partial charge on any atom is -0.487 e. The smallest absolute Gasteiger partial charge is 0.281 e.